The minimum absolute atomic E-state index is 0. The van der Waals surface area contributed by atoms with Crippen LogP contribution in [-0.4, -0.2) is 56.6 Å². The minimum atomic E-state index is -0.742. The third-order valence-corrected chi connectivity index (χ3v) is 2.02. The average molecular weight is 288 g/mol. The first kappa shape index (κ1) is 14.5. The van der Waals surface area contributed by atoms with Gasteiger partial charge < -0.3 is 5.11 Å². The van der Waals surface area contributed by atoms with Crippen LogP contribution in [0.3, 0.4) is 0 Å². The molecule has 0 spiro atoms. The Morgan fingerprint density at radius 3 is 2.36 bits per heavy atom. The summed E-state index contributed by atoms with van der Waals surface area (Å²) in [5, 5.41) is 9.12. The molecular formula is C10H13ClO2Sr. The molecule has 0 saturated heterocycles. The molecular weight excluding hydrogens is 275 g/mol. The van der Waals surface area contributed by atoms with E-state index in [1.54, 1.807) is 0 Å². The standard InChI is InChI=1S/C10H11ClO2.Sr.2H/c11-9-6-4-8(5-7-9)2-1-3-10(12)13;;;/h4-7H,1-3H2,(H,12,13);;;. The molecule has 4 heteroatoms. The topological polar surface area (TPSA) is 37.3 Å². The number of carboxylic acids is 1. The Bertz CT molecular complexity index is 285. The molecule has 0 bridgehead atoms. The number of aliphatic carboxylic acids is 1. The average Bonchev–Trinajstić information content (AvgIpc) is 2.08. The number of hydrogen-bond donors (Lipinski definition) is 1. The molecule has 0 amide bonds. The van der Waals surface area contributed by atoms with Crippen LogP contribution in [0.15, 0.2) is 24.3 Å². The first-order valence-corrected chi connectivity index (χ1v) is 4.52. The first-order chi connectivity index (χ1) is 6.18. The monoisotopic (exact) mass is 288 g/mol. The van der Waals surface area contributed by atoms with E-state index in [1.165, 1.54) is 0 Å². The van der Waals surface area contributed by atoms with E-state index in [-0.39, 0.29) is 51.9 Å². The molecule has 14 heavy (non-hydrogen) atoms. The zero-order valence-corrected chi connectivity index (χ0v) is 7.92. The quantitative estimate of drug-likeness (QED) is 0.858. The maximum atomic E-state index is 10.2. The molecule has 0 fully saturated rings. The van der Waals surface area contributed by atoms with E-state index in [2.05, 4.69) is 0 Å². The Hall–Kier alpha value is 0.461. The van der Waals surface area contributed by atoms with Gasteiger partial charge in [-0.1, -0.05) is 23.7 Å². The van der Waals surface area contributed by atoms with Gasteiger partial charge in [-0.3, -0.25) is 4.79 Å². The Labute approximate surface area is 126 Å². The Balaban J connectivity index is 0.00000169. The third-order valence-electron chi connectivity index (χ3n) is 1.77. The van der Waals surface area contributed by atoms with Gasteiger partial charge in [-0.2, -0.15) is 0 Å². The summed E-state index contributed by atoms with van der Waals surface area (Å²) in [6, 6.07) is 7.48. The van der Waals surface area contributed by atoms with Gasteiger partial charge in [0.25, 0.3) is 0 Å². The molecule has 1 aromatic carbocycles. The van der Waals surface area contributed by atoms with Gasteiger partial charge in [0.2, 0.25) is 0 Å². The fourth-order valence-corrected chi connectivity index (χ4v) is 1.22. The van der Waals surface area contributed by atoms with Gasteiger partial charge >= 0.3 is 51.5 Å². The molecule has 1 rings (SSSR count). The summed E-state index contributed by atoms with van der Waals surface area (Å²) < 4.78 is 0. The van der Waals surface area contributed by atoms with E-state index in [1.807, 2.05) is 24.3 Å². The van der Waals surface area contributed by atoms with Gasteiger partial charge in [0, 0.05) is 11.4 Å². The summed E-state index contributed by atoms with van der Waals surface area (Å²) in [4.78, 5) is 10.2. The van der Waals surface area contributed by atoms with Gasteiger partial charge in [-0.05, 0) is 30.5 Å². The van der Waals surface area contributed by atoms with Crippen LogP contribution in [0.4, 0.5) is 0 Å². The summed E-state index contributed by atoms with van der Waals surface area (Å²) in [7, 11) is 0. The predicted octanol–water partition coefficient (Wildman–Crippen LogP) is 1.83. The molecule has 0 atom stereocenters. The zero-order chi connectivity index (χ0) is 9.68. The van der Waals surface area contributed by atoms with E-state index in [4.69, 9.17) is 16.7 Å². The molecule has 0 aliphatic heterocycles. The second kappa shape index (κ2) is 7.71. The molecule has 0 aliphatic rings. The first-order valence-electron chi connectivity index (χ1n) is 4.15. The summed E-state index contributed by atoms with van der Waals surface area (Å²) >= 11 is 5.70. The molecule has 1 aromatic rings. The molecule has 0 aromatic heterocycles. The number of carbonyl (C=O) groups is 1. The van der Waals surface area contributed by atoms with E-state index in [0.717, 1.165) is 12.0 Å². The van der Waals surface area contributed by atoms with E-state index in [9.17, 15) is 4.79 Å². The summed E-state index contributed by atoms with van der Waals surface area (Å²) in [5.74, 6) is -0.742. The Kier molecular flexibility index (Phi) is 7.97. The van der Waals surface area contributed by atoms with Gasteiger partial charge in [-0.15, -0.1) is 0 Å². The van der Waals surface area contributed by atoms with Crippen molar-refractivity contribution in [3.63, 3.8) is 0 Å². The van der Waals surface area contributed by atoms with Crippen LogP contribution in [0.25, 0.3) is 0 Å². The van der Waals surface area contributed by atoms with Crippen molar-refractivity contribution in [2.45, 2.75) is 19.3 Å². The number of hydrogen-bond acceptors (Lipinski definition) is 1. The van der Waals surface area contributed by atoms with Crippen molar-refractivity contribution in [1.82, 2.24) is 0 Å². The summed E-state index contributed by atoms with van der Waals surface area (Å²) in [5.41, 5.74) is 1.13. The normalized spacial score (nSPS) is 9.21. The van der Waals surface area contributed by atoms with Crippen molar-refractivity contribution in [1.29, 1.82) is 0 Å². The van der Waals surface area contributed by atoms with Crippen molar-refractivity contribution < 1.29 is 9.90 Å². The van der Waals surface area contributed by atoms with Gasteiger partial charge in [0.05, 0.1) is 0 Å². The van der Waals surface area contributed by atoms with E-state index in [0.29, 0.717) is 11.4 Å². The molecule has 0 unspecified atom stereocenters. The van der Waals surface area contributed by atoms with Crippen LogP contribution in [0, 0.1) is 0 Å². The maximum absolute atomic E-state index is 10.2. The molecule has 0 aliphatic carbocycles. The van der Waals surface area contributed by atoms with Crippen molar-refractivity contribution >= 4 is 63.1 Å². The van der Waals surface area contributed by atoms with Crippen molar-refractivity contribution in [3.05, 3.63) is 34.9 Å². The summed E-state index contributed by atoms with van der Waals surface area (Å²) in [6.45, 7) is 0. The van der Waals surface area contributed by atoms with Crippen LogP contribution in [0.5, 0.6) is 0 Å². The Morgan fingerprint density at radius 1 is 1.29 bits per heavy atom. The van der Waals surface area contributed by atoms with E-state index >= 15 is 0 Å². The van der Waals surface area contributed by atoms with Crippen LogP contribution < -0.4 is 0 Å². The second-order valence-electron chi connectivity index (χ2n) is 2.87. The molecule has 0 saturated carbocycles. The van der Waals surface area contributed by atoms with Crippen LogP contribution in [0.1, 0.15) is 18.4 Å². The third kappa shape index (κ3) is 6.04. The summed E-state index contributed by atoms with van der Waals surface area (Å²) in [6.07, 6.45) is 1.70. The predicted molar refractivity (Wildman–Crippen MR) is 60.6 cm³/mol. The second-order valence-corrected chi connectivity index (χ2v) is 3.31. The van der Waals surface area contributed by atoms with Gasteiger partial charge in [0.1, 0.15) is 0 Å². The molecule has 0 heterocycles. The molecule has 0 radical (unpaired) electrons. The number of benzene rings is 1. The zero-order valence-electron chi connectivity index (χ0n) is 7.16. The fraction of sp³-hybridized carbons (Fsp3) is 0.300. The van der Waals surface area contributed by atoms with Crippen LogP contribution in [0.2, 0.25) is 5.02 Å². The van der Waals surface area contributed by atoms with E-state index < -0.39 is 5.97 Å². The Morgan fingerprint density at radius 2 is 1.86 bits per heavy atom. The molecule has 2 nitrogen and oxygen atoms in total. The SMILES string of the molecule is O=C(O)CCCc1ccc(Cl)cc1.[SrH2]. The van der Waals surface area contributed by atoms with Crippen molar-refractivity contribution in [2.24, 2.45) is 0 Å². The number of aryl methyl sites for hydroxylation is 1. The molecule has 74 valence electrons. The van der Waals surface area contributed by atoms with Gasteiger partial charge in [-0.25, -0.2) is 0 Å². The number of halogens is 1. The van der Waals surface area contributed by atoms with Crippen LogP contribution >= 0.6 is 11.6 Å². The van der Waals surface area contributed by atoms with Crippen molar-refractivity contribution in [3.8, 4) is 0 Å². The number of carboxylic acid groups (broad SMARTS) is 1. The number of rotatable bonds is 4. The fourth-order valence-electron chi connectivity index (χ4n) is 1.09. The molecule has 1 N–H and O–H groups in total. The van der Waals surface area contributed by atoms with Gasteiger partial charge in [0.15, 0.2) is 0 Å². The van der Waals surface area contributed by atoms with Crippen LogP contribution in [-0.2, 0) is 11.2 Å². The van der Waals surface area contributed by atoms with Crippen molar-refractivity contribution in [2.75, 3.05) is 0 Å².